The lowest BCUT2D eigenvalue weighted by Crippen LogP contribution is -2.08. The Hall–Kier alpha value is -1.95. The molecule has 3 heteroatoms. The minimum atomic E-state index is 0.554. The van der Waals surface area contributed by atoms with Crippen LogP contribution in [0.15, 0.2) is 24.3 Å². The number of para-hydroxylation sites is 1. The number of hydrogen-bond donors (Lipinski definition) is 2. The van der Waals surface area contributed by atoms with Crippen LogP contribution >= 0.6 is 0 Å². The Bertz CT molecular complexity index is 532. The predicted molar refractivity (Wildman–Crippen MR) is 66.3 cm³/mol. The summed E-state index contributed by atoms with van der Waals surface area (Å²) in [6.45, 7) is 5.14. The standard InChI is InChI=1S/C13H15N3/c1-9(2)8-15-13-11(7-14)10-5-3-4-6-12(10)16-13/h3-6,9,15-16H,8H2,1-2H3. The molecule has 1 aromatic heterocycles. The average Bonchev–Trinajstić information content (AvgIpc) is 2.63. The third-order valence-corrected chi connectivity index (χ3v) is 2.50. The van der Waals surface area contributed by atoms with Crippen LogP contribution in [-0.4, -0.2) is 11.5 Å². The van der Waals surface area contributed by atoms with Crippen molar-refractivity contribution in [1.82, 2.24) is 4.98 Å². The highest BCUT2D eigenvalue weighted by Gasteiger charge is 2.10. The van der Waals surface area contributed by atoms with E-state index in [2.05, 4.69) is 30.2 Å². The maximum absolute atomic E-state index is 9.16. The first-order chi connectivity index (χ1) is 7.72. The summed E-state index contributed by atoms with van der Waals surface area (Å²) >= 11 is 0. The van der Waals surface area contributed by atoms with E-state index >= 15 is 0 Å². The van der Waals surface area contributed by atoms with Crippen molar-refractivity contribution in [3.05, 3.63) is 29.8 Å². The van der Waals surface area contributed by atoms with Crippen LogP contribution in [0.4, 0.5) is 5.82 Å². The number of benzene rings is 1. The molecule has 0 spiro atoms. The fourth-order valence-electron chi connectivity index (χ4n) is 1.70. The molecule has 0 unspecified atom stereocenters. The van der Waals surface area contributed by atoms with E-state index in [-0.39, 0.29) is 0 Å². The topological polar surface area (TPSA) is 51.6 Å². The van der Waals surface area contributed by atoms with E-state index in [0.29, 0.717) is 11.5 Å². The van der Waals surface area contributed by atoms with E-state index in [1.54, 1.807) is 0 Å². The van der Waals surface area contributed by atoms with Crippen LogP contribution in [-0.2, 0) is 0 Å². The zero-order chi connectivity index (χ0) is 11.5. The van der Waals surface area contributed by atoms with Crippen LogP contribution in [0, 0.1) is 17.2 Å². The van der Waals surface area contributed by atoms with Crippen molar-refractivity contribution >= 4 is 16.7 Å². The summed E-state index contributed by atoms with van der Waals surface area (Å²) in [5.41, 5.74) is 1.71. The summed E-state index contributed by atoms with van der Waals surface area (Å²) in [7, 11) is 0. The third kappa shape index (κ3) is 1.87. The second-order valence-electron chi connectivity index (χ2n) is 4.31. The Balaban J connectivity index is 2.41. The van der Waals surface area contributed by atoms with Gasteiger partial charge in [0.25, 0.3) is 0 Å². The molecule has 0 aliphatic heterocycles. The van der Waals surface area contributed by atoms with Gasteiger partial charge in [0.1, 0.15) is 17.5 Å². The largest absolute Gasteiger partial charge is 0.370 e. The van der Waals surface area contributed by atoms with E-state index < -0.39 is 0 Å². The maximum atomic E-state index is 9.16. The van der Waals surface area contributed by atoms with Gasteiger partial charge in [0, 0.05) is 17.4 Å². The summed E-state index contributed by atoms with van der Waals surface area (Å²) < 4.78 is 0. The molecule has 2 rings (SSSR count). The predicted octanol–water partition coefficient (Wildman–Crippen LogP) is 3.11. The van der Waals surface area contributed by atoms with E-state index in [1.165, 1.54) is 0 Å². The molecular formula is C13H15N3. The monoisotopic (exact) mass is 213 g/mol. The minimum absolute atomic E-state index is 0.554. The van der Waals surface area contributed by atoms with E-state index in [0.717, 1.165) is 23.3 Å². The molecule has 0 radical (unpaired) electrons. The first-order valence-electron chi connectivity index (χ1n) is 5.47. The number of nitrogens with one attached hydrogen (secondary N) is 2. The van der Waals surface area contributed by atoms with Crippen molar-refractivity contribution in [1.29, 1.82) is 5.26 Å². The smallest absolute Gasteiger partial charge is 0.122 e. The molecule has 0 bridgehead atoms. The molecule has 0 saturated carbocycles. The molecule has 0 aliphatic rings. The fourth-order valence-corrected chi connectivity index (χ4v) is 1.70. The molecular weight excluding hydrogens is 198 g/mol. The number of fused-ring (bicyclic) bond motifs is 1. The summed E-state index contributed by atoms with van der Waals surface area (Å²) in [5, 5.41) is 13.4. The lowest BCUT2D eigenvalue weighted by Gasteiger charge is -2.06. The molecule has 1 aromatic carbocycles. The van der Waals surface area contributed by atoms with Crippen molar-refractivity contribution in [3.8, 4) is 6.07 Å². The second-order valence-corrected chi connectivity index (χ2v) is 4.31. The number of rotatable bonds is 3. The highest BCUT2D eigenvalue weighted by molar-refractivity contribution is 5.91. The molecule has 0 amide bonds. The number of hydrogen-bond acceptors (Lipinski definition) is 2. The van der Waals surface area contributed by atoms with Gasteiger partial charge in [-0.15, -0.1) is 0 Å². The van der Waals surface area contributed by atoms with Crippen LogP contribution in [0.25, 0.3) is 10.9 Å². The van der Waals surface area contributed by atoms with Crippen molar-refractivity contribution < 1.29 is 0 Å². The first-order valence-corrected chi connectivity index (χ1v) is 5.47. The van der Waals surface area contributed by atoms with Gasteiger partial charge in [-0.25, -0.2) is 0 Å². The zero-order valence-electron chi connectivity index (χ0n) is 9.54. The molecule has 0 saturated heterocycles. The van der Waals surface area contributed by atoms with E-state index in [4.69, 9.17) is 5.26 Å². The number of aromatic nitrogens is 1. The van der Waals surface area contributed by atoms with Gasteiger partial charge in [-0.3, -0.25) is 0 Å². The molecule has 0 fully saturated rings. The van der Waals surface area contributed by atoms with Crippen LogP contribution in [0.5, 0.6) is 0 Å². The number of nitriles is 1. The molecule has 3 nitrogen and oxygen atoms in total. The van der Waals surface area contributed by atoms with Gasteiger partial charge in [-0.05, 0) is 12.0 Å². The van der Waals surface area contributed by atoms with Gasteiger partial charge >= 0.3 is 0 Å². The zero-order valence-corrected chi connectivity index (χ0v) is 9.54. The van der Waals surface area contributed by atoms with Crippen molar-refractivity contribution in [2.45, 2.75) is 13.8 Å². The SMILES string of the molecule is CC(C)CNc1[nH]c2ccccc2c1C#N. The summed E-state index contributed by atoms with van der Waals surface area (Å²) in [5.74, 6) is 1.38. The third-order valence-electron chi connectivity index (χ3n) is 2.50. The molecule has 16 heavy (non-hydrogen) atoms. The van der Waals surface area contributed by atoms with Gasteiger partial charge < -0.3 is 10.3 Å². The maximum Gasteiger partial charge on any atom is 0.122 e. The van der Waals surface area contributed by atoms with Gasteiger partial charge in [-0.1, -0.05) is 32.0 Å². The molecule has 2 N–H and O–H groups in total. The van der Waals surface area contributed by atoms with Crippen molar-refractivity contribution in [3.63, 3.8) is 0 Å². The van der Waals surface area contributed by atoms with E-state index in [9.17, 15) is 0 Å². The van der Waals surface area contributed by atoms with E-state index in [1.807, 2.05) is 24.3 Å². The number of aromatic amines is 1. The van der Waals surface area contributed by atoms with Gasteiger partial charge in [0.15, 0.2) is 0 Å². The normalized spacial score (nSPS) is 10.6. The first kappa shape index (κ1) is 10.6. The van der Waals surface area contributed by atoms with Crippen LogP contribution < -0.4 is 5.32 Å². The molecule has 0 aliphatic carbocycles. The highest BCUT2D eigenvalue weighted by Crippen LogP contribution is 2.25. The second kappa shape index (κ2) is 4.28. The lowest BCUT2D eigenvalue weighted by atomic mass is 10.2. The Kier molecular flexibility index (Phi) is 2.82. The molecule has 2 aromatic rings. The Labute approximate surface area is 95.1 Å². The molecule has 82 valence electrons. The van der Waals surface area contributed by atoms with Crippen LogP contribution in [0.1, 0.15) is 19.4 Å². The lowest BCUT2D eigenvalue weighted by molar-refractivity contribution is 0.687. The summed E-state index contributed by atoms with van der Waals surface area (Å²) in [6.07, 6.45) is 0. The Morgan fingerprint density at radius 2 is 2.12 bits per heavy atom. The minimum Gasteiger partial charge on any atom is -0.370 e. The summed E-state index contributed by atoms with van der Waals surface area (Å²) in [4.78, 5) is 3.24. The van der Waals surface area contributed by atoms with Gasteiger partial charge in [-0.2, -0.15) is 5.26 Å². The highest BCUT2D eigenvalue weighted by atomic mass is 15.0. The Morgan fingerprint density at radius 3 is 2.81 bits per heavy atom. The van der Waals surface area contributed by atoms with Crippen molar-refractivity contribution in [2.75, 3.05) is 11.9 Å². The van der Waals surface area contributed by atoms with Crippen LogP contribution in [0.3, 0.4) is 0 Å². The number of nitrogens with zero attached hydrogens (tertiary/aromatic N) is 1. The average molecular weight is 213 g/mol. The number of anilines is 1. The van der Waals surface area contributed by atoms with Crippen LogP contribution in [0.2, 0.25) is 0 Å². The van der Waals surface area contributed by atoms with Crippen molar-refractivity contribution in [2.24, 2.45) is 5.92 Å². The quantitative estimate of drug-likeness (QED) is 0.823. The Morgan fingerprint density at radius 1 is 1.38 bits per heavy atom. The summed E-state index contributed by atoms with van der Waals surface area (Å²) in [6, 6.07) is 10.1. The molecule has 0 atom stereocenters. The number of H-pyrrole nitrogens is 1. The fraction of sp³-hybridized carbons (Fsp3) is 0.308. The molecule has 1 heterocycles. The van der Waals surface area contributed by atoms with Gasteiger partial charge in [0.2, 0.25) is 0 Å². The van der Waals surface area contributed by atoms with Gasteiger partial charge in [0.05, 0.1) is 0 Å².